The smallest absolute Gasteiger partial charge is 0.135 e. The number of rotatable bonds is 3. The van der Waals surface area contributed by atoms with E-state index < -0.39 is 6.10 Å². The van der Waals surface area contributed by atoms with E-state index in [0.717, 1.165) is 5.75 Å². The molecule has 0 aliphatic rings. The molecule has 0 radical (unpaired) electrons. The Kier molecular flexibility index (Phi) is 4.32. The van der Waals surface area contributed by atoms with E-state index in [9.17, 15) is 0 Å². The largest absolute Gasteiger partial charge is 0.393 e. The second-order valence-electron chi connectivity index (χ2n) is 1.99. The van der Waals surface area contributed by atoms with Gasteiger partial charge in [0.05, 0.1) is 19.1 Å². The molecule has 1 unspecified atom stereocenters. The Labute approximate surface area is 52.9 Å². The average Bonchev–Trinajstić information content (AvgIpc) is 1.65. The van der Waals surface area contributed by atoms with Crippen molar-refractivity contribution in [2.75, 3.05) is 24.9 Å². The number of aliphatic hydroxyl groups excluding tert-OH is 2. The first-order chi connectivity index (χ1) is 3.66. The van der Waals surface area contributed by atoms with Gasteiger partial charge < -0.3 is 10.2 Å². The van der Waals surface area contributed by atoms with Crippen molar-refractivity contribution in [2.45, 2.75) is 6.10 Å². The minimum absolute atomic E-state index is 0.106. The molecule has 50 valence electrons. The summed E-state index contributed by atoms with van der Waals surface area (Å²) in [6.07, 6.45) is 3.57. The van der Waals surface area contributed by atoms with Crippen molar-refractivity contribution in [2.24, 2.45) is 0 Å². The maximum absolute atomic E-state index is 8.79. The Balaban J connectivity index is 3.10. The lowest BCUT2D eigenvalue weighted by molar-refractivity contribution is 0.113. The van der Waals surface area contributed by atoms with Crippen LogP contribution in [0.25, 0.3) is 0 Å². The second-order valence-corrected chi connectivity index (χ2v) is 4.29. The van der Waals surface area contributed by atoms with Crippen LogP contribution in [-0.2, 0) is 10.9 Å². The molecular formula is C5H13O2S+. The van der Waals surface area contributed by atoms with Gasteiger partial charge >= 0.3 is 0 Å². The fourth-order valence-electron chi connectivity index (χ4n) is 0.437. The van der Waals surface area contributed by atoms with Crippen molar-refractivity contribution in [3.05, 3.63) is 0 Å². The van der Waals surface area contributed by atoms with Crippen LogP contribution in [0.1, 0.15) is 0 Å². The van der Waals surface area contributed by atoms with E-state index in [2.05, 4.69) is 0 Å². The Morgan fingerprint density at radius 3 is 2.12 bits per heavy atom. The summed E-state index contributed by atoms with van der Waals surface area (Å²) < 4.78 is 0. The van der Waals surface area contributed by atoms with Crippen LogP contribution in [0.15, 0.2) is 0 Å². The number of hydrogen-bond donors (Lipinski definition) is 2. The van der Waals surface area contributed by atoms with Crippen molar-refractivity contribution in [1.82, 2.24) is 0 Å². The summed E-state index contributed by atoms with van der Waals surface area (Å²) in [6.45, 7) is -0.106. The molecule has 0 spiro atoms. The molecule has 0 aliphatic heterocycles. The molecule has 0 heterocycles. The quantitative estimate of drug-likeness (QED) is 0.501. The maximum Gasteiger partial charge on any atom is 0.135 e. The molecule has 0 aromatic rings. The first-order valence-electron chi connectivity index (χ1n) is 2.50. The molecular weight excluding hydrogens is 124 g/mol. The summed E-state index contributed by atoms with van der Waals surface area (Å²) in [4.78, 5) is 0. The van der Waals surface area contributed by atoms with Gasteiger partial charge in [-0.05, 0) is 10.9 Å². The summed E-state index contributed by atoms with van der Waals surface area (Å²) in [5.74, 6) is 0.719. The highest BCUT2D eigenvalue weighted by molar-refractivity contribution is 7.95. The van der Waals surface area contributed by atoms with Crippen molar-refractivity contribution in [1.29, 1.82) is 0 Å². The van der Waals surface area contributed by atoms with Gasteiger partial charge in [-0.15, -0.1) is 0 Å². The summed E-state index contributed by atoms with van der Waals surface area (Å²) >= 11 is 0. The minimum atomic E-state index is -0.506. The third-order valence-electron chi connectivity index (χ3n) is 0.736. The van der Waals surface area contributed by atoms with Crippen LogP contribution in [0.4, 0.5) is 0 Å². The van der Waals surface area contributed by atoms with Crippen LogP contribution in [-0.4, -0.2) is 41.2 Å². The molecule has 0 aromatic carbocycles. The van der Waals surface area contributed by atoms with Crippen LogP contribution in [0, 0.1) is 0 Å². The van der Waals surface area contributed by atoms with E-state index in [-0.39, 0.29) is 17.5 Å². The van der Waals surface area contributed by atoms with E-state index in [1.54, 1.807) is 0 Å². The topological polar surface area (TPSA) is 40.5 Å². The lowest BCUT2D eigenvalue weighted by atomic mass is 10.4. The van der Waals surface area contributed by atoms with Gasteiger partial charge in [0.2, 0.25) is 0 Å². The molecule has 0 saturated heterocycles. The number of aliphatic hydroxyl groups is 2. The highest BCUT2D eigenvalue weighted by Crippen LogP contribution is 1.88. The van der Waals surface area contributed by atoms with Crippen molar-refractivity contribution in [3.8, 4) is 0 Å². The van der Waals surface area contributed by atoms with Gasteiger partial charge in [-0.2, -0.15) is 0 Å². The minimum Gasteiger partial charge on any atom is -0.393 e. The normalized spacial score (nSPS) is 14.6. The van der Waals surface area contributed by atoms with E-state index in [4.69, 9.17) is 10.2 Å². The fraction of sp³-hybridized carbons (Fsp3) is 1.00. The fourth-order valence-corrected chi connectivity index (χ4v) is 1.31. The van der Waals surface area contributed by atoms with Crippen LogP contribution >= 0.6 is 0 Å². The first-order valence-corrected chi connectivity index (χ1v) is 4.71. The molecule has 8 heavy (non-hydrogen) atoms. The van der Waals surface area contributed by atoms with Crippen LogP contribution in [0.5, 0.6) is 0 Å². The average molecular weight is 137 g/mol. The van der Waals surface area contributed by atoms with Gasteiger partial charge in [0.15, 0.2) is 0 Å². The Morgan fingerprint density at radius 1 is 1.50 bits per heavy atom. The molecule has 0 aromatic heterocycles. The summed E-state index contributed by atoms with van der Waals surface area (Å²) in [6, 6.07) is 0. The van der Waals surface area contributed by atoms with Crippen LogP contribution < -0.4 is 0 Å². The van der Waals surface area contributed by atoms with E-state index in [1.165, 1.54) is 0 Å². The van der Waals surface area contributed by atoms with E-state index in [0.29, 0.717) is 0 Å². The third-order valence-corrected chi connectivity index (χ3v) is 1.79. The summed E-state index contributed by atoms with van der Waals surface area (Å²) in [5.41, 5.74) is 0. The zero-order valence-electron chi connectivity index (χ0n) is 5.29. The molecule has 3 heteroatoms. The van der Waals surface area contributed by atoms with E-state index >= 15 is 0 Å². The molecule has 1 atom stereocenters. The molecule has 0 fully saturated rings. The monoisotopic (exact) mass is 137 g/mol. The molecule has 2 N–H and O–H groups in total. The molecule has 2 nitrogen and oxygen atoms in total. The number of hydrogen-bond acceptors (Lipinski definition) is 2. The van der Waals surface area contributed by atoms with Gasteiger partial charge in [-0.25, -0.2) is 0 Å². The van der Waals surface area contributed by atoms with Gasteiger partial charge in [0.25, 0.3) is 0 Å². The molecule has 0 saturated carbocycles. The summed E-state index contributed by atoms with van der Waals surface area (Å²) in [7, 11) is 0.244. The molecule has 0 bridgehead atoms. The molecule has 0 amide bonds. The van der Waals surface area contributed by atoms with Gasteiger partial charge in [-0.1, -0.05) is 0 Å². The van der Waals surface area contributed by atoms with Crippen molar-refractivity contribution >= 4 is 10.9 Å². The first kappa shape index (κ1) is 8.27. The van der Waals surface area contributed by atoms with Crippen LogP contribution in [0.2, 0.25) is 0 Å². The lowest BCUT2D eigenvalue weighted by Crippen LogP contribution is -2.22. The standard InChI is InChI=1S/C5H13O2S/c1-8(2)4-5(7)3-6/h5-7H,3-4H2,1-2H3/q+1. The van der Waals surface area contributed by atoms with Crippen molar-refractivity contribution < 1.29 is 10.2 Å². The maximum atomic E-state index is 8.79. The summed E-state index contributed by atoms with van der Waals surface area (Å²) in [5, 5.41) is 17.1. The van der Waals surface area contributed by atoms with Gasteiger partial charge in [0, 0.05) is 0 Å². The third kappa shape index (κ3) is 4.43. The Hall–Kier alpha value is 0.270. The molecule has 0 aliphatic carbocycles. The van der Waals surface area contributed by atoms with E-state index in [1.807, 2.05) is 12.5 Å². The highest BCUT2D eigenvalue weighted by atomic mass is 32.2. The lowest BCUT2D eigenvalue weighted by Gasteiger charge is -2.01. The second kappa shape index (κ2) is 4.18. The zero-order valence-corrected chi connectivity index (χ0v) is 6.11. The predicted molar refractivity (Wildman–Crippen MR) is 37.2 cm³/mol. The van der Waals surface area contributed by atoms with Gasteiger partial charge in [0.1, 0.15) is 11.9 Å². The molecule has 0 rings (SSSR count). The SMILES string of the molecule is C[S+](C)CC(O)CO. The highest BCUT2D eigenvalue weighted by Gasteiger charge is 2.10. The van der Waals surface area contributed by atoms with Gasteiger partial charge in [-0.3, -0.25) is 0 Å². The Bertz CT molecular complexity index is 56.4. The Morgan fingerprint density at radius 2 is 2.00 bits per heavy atom. The predicted octanol–water partition coefficient (Wildman–Crippen LogP) is -0.782. The van der Waals surface area contributed by atoms with Crippen LogP contribution in [0.3, 0.4) is 0 Å². The zero-order chi connectivity index (χ0) is 6.57. The van der Waals surface area contributed by atoms with Crippen molar-refractivity contribution in [3.63, 3.8) is 0 Å².